The molecule has 1 heterocycles. The van der Waals surface area contributed by atoms with Crippen molar-refractivity contribution < 1.29 is 0 Å². The Morgan fingerprint density at radius 1 is 0.400 bits per heavy atom. The van der Waals surface area contributed by atoms with Crippen molar-refractivity contribution in [2.75, 3.05) is 0 Å². The average molecular weight is 662 g/mol. The van der Waals surface area contributed by atoms with Gasteiger partial charge in [0.05, 0.1) is 34.2 Å². The Morgan fingerprint density at radius 2 is 0.760 bits per heavy atom. The Balaban J connectivity index is 1.75. The van der Waals surface area contributed by atoms with Crippen LogP contribution in [0.25, 0.3) is 0 Å². The third-order valence-corrected chi connectivity index (χ3v) is 9.13. The van der Waals surface area contributed by atoms with Gasteiger partial charge in [0.15, 0.2) is 0 Å². The van der Waals surface area contributed by atoms with E-state index in [1.165, 1.54) is 22.3 Å². The number of nitrogens with zero attached hydrogens (tertiary/aromatic N) is 3. The topological polar surface area (TPSA) is 37.6 Å². The highest BCUT2D eigenvalue weighted by Crippen LogP contribution is 2.38. The Kier molecular flexibility index (Phi) is 10.2. The van der Waals surface area contributed by atoms with E-state index in [0.717, 1.165) is 45.3 Å². The molecule has 3 nitrogen and oxygen atoms in total. The Labute approximate surface area is 301 Å². The van der Waals surface area contributed by atoms with Crippen molar-refractivity contribution in [1.82, 2.24) is 4.98 Å². The van der Waals surface area contributed by atoms with Gasteiger partial charge >= 0.3 is 0 Å². The molecule has 258 valence electrons. The third-order valence-electron chi connectivity index (χ3n) is 9.13. The number of aliphatic imine (C=N–C) groups is 2. The minimum atomic E-state index is -0.0996. The van der Waals surface area contributed by atoms with Gasteiger partial charge in [-0.1, -0.05) is 174 Å². The Hall–Kier alpha value is -4.63. The molecule has 1 aromatic heterocycles. The molecule has 0 aliphatic carbocycles. The van der Waals surface area contributed by atoms with Crippen LogP contribution in [0.15, 0.2) is 125 Å². The summed E-state index contributed by atoms with van der Waals surface area (Å²) in [7, 11) is 0. The van der Waals surface area contributed by atoms with Gasteiger partial charge in [-0.2, -0.15) is 0 Å². The summed E-state index contributed by atoms with van der Waals surface area (Å²) in [6, 6.07) is 40.5. The van der Waals surface area contributed by atoms with Gasteiger partial charge in [-0.15, -0.1) is 0 Å². The maximum Gasteiger partial charge on any atom is 0.0966 e. The largest absolute Gasteiger partial charge is 0.246 e. The summed E-state index contributed by atoms with van der Waals surface area (Å²) in [6.07, 6.45) is 0. The van der Waals surface area contributed by atoms with Gasteiger partial charge in [-0.05, 0) is 68.2 Å². The molecule has 5 aromatic rings. The van der Waals surface area contributed by atoms with Crippen LogP contribution in [0.2, 0.25) is 0 Å². The summed E-state index contributed by atoms with van der Waals surface area (Å²) in [5.74, 6) is 0. The molecular weight excluding hydrogens is 607 g/mol. The molecule has 5 rings (SSSR count). The first-order valence-electron chi connectivity index (χ1n) is 17.9. The molecule has 0 aliphatic heterocycles. The molecule has 0 spiro atoms. The van der Waals surface area contributed by atoms with Crippen molar-refractivity contribution in [2.24, 2.45) is 9.98 Å². The van der Waals surface area contributed by atoms with E-state index in [1.807, 2.05) is 12.1 Å². The van der Waals surface area contributed by atoms with E-state index >= 15 is 0 Å². The Morgan fingerprint density at radius 3 is 1.08 bits per heavy atom. The number of hydrogen-bond acceptors (Lipinski definition) is 3. The molecule has 0 radical (unpaired) electrons. The lowest BCUT2D eigenvalue weighted by atomic mass is 9.80. The standard InChI is InChI=1S/C47H55N3/c1-44(2,3)34-26-28-38(36(30-34)46(7,8)9)49-42(32-20-15-13-16-21-32)40-24-19-25-41(48-40)43(33-22-17-14-18-23-33)50-39-29-27-35(45(4,5)6)31-37(39)47(10,11)12/h13-31H,1-12H3. The minimum absolute atomic E-state index is 0.0352. The molecule has 0 aliphatic rings. The first-order chi connectivity index (χ1) is 23.3. The van der Waals surface area contributed by atoms with Crippen molar-refractivity contribution in [3.05, 3.63) is 160 Å². The van der Waals surface area contributed by atoms with Gasteiger partial charge < -0.3 is 0 Å². The second-order valence-corrected chi connectivity index (χ2v) is 17.5. The summed E-state index contributed by atoms with van der Waals surface area (Å²) in [6.45, 7) is 27.1. The maximum atomic E-state index is 5.44. The van der Waals surface area contributed by atoms with Crippen molar-refractivity contribution in [1.29, 1.82) is 0 Å². The maximum absolute atomic E-state index is 5.44. The van der Waals surface area contributed by atoms with Gasteiger partial charge in [0.1, 0.15) is 0 Å². The van der Waals surface area contributed by atoms with Crippen LogP contribution in [-0.2, 0) is 21.7 Å². The Bertz CT molecular complexity index is 1860. The van der Waals surface area contributed by atoms with E-state index in [2.05, 4.69) is 186 Å². The number of aromatic nitrogens is 1. The van der Waals surface area contributed by atoms with E-state index in [9.17, 15) is 0 Å². The molecule has 0 atom stereocenters. The molecule has 0 N–H and O–H groups in total. The van der Waals surface area contributed by atoms with Crippen LogP contribution < -0.4 is 0 Å². The summed E-state index contributed by atoms with van der Waals surface area (Å²) in [4.78, 5) is 16.2. The lowest BCUT2D eigenvalue weighted by molar-refractivity contribution is 0.569. The van der Waals surface area contributed by atoms with Crippen LogP contribution in [-0.4, -0.2) is 16.4 Å². The fourth-order valence-electron chi connectivity index (χ4n) is 6.07. The lowest BCUT2D eigenvalue weighted by Crippen LogP contribution is -2.17. The van der Waals surface area contributed by atoms with Crippen LogP contribution in [0.4, 0.5) is 11.4 Å². The SMILES string of the molecule is CC(C)(C)c1ccc(N=C(c2ccccc2)c2cccc(C(=Nc3ccc(C(C)(C)C)cc3C(C)(C)C)c3ccccc3)n2)c(C(C)(C)C)c1. The summed E-state index contributed by atoms with van der Waals surface area (Å²) in [5, 5.41) is 0. The zero-order valence-electron chi connectivity index (χ0n) is 32.3. The van der Waals surface area contributed by atoms with Gasteiger partial charge in [-0.25, -0.2) is 15.0 Å². The highest BCUT2D eigenvalue weighted by Gasteiger charge is 2.25. The normalized spacial score (nSPS) is 13.4. The molecule has 0 saturated heterocycles. The van der Waals surface area contributed by atoms with Gasteiger partial charge in [0.2, 0.25) is 0 Å². The number of pyridine rings is 1. The first kappa shape index (κ1) is 36.6. The van der Waals surface area contributed by atoms with Gasteiger partial charge in [0, 0.05) is 11.1 Å². The molecule has 4 aromatic carbocycles. The van der Waals surface area contributed by atoms with E-state index in [0.29, 0.717) is 0 Å². The predicted molar refractivity (Wildman–Crippen MR) is 215 cm³/mol. The fourth-order valence-corrected chi connectivity index (χ4v) is 6.07. The fraction of sp³-hybridized carbons (Fsp3) is 0.340. The zero-order chi connectivity index (χ0) is 36.5. The summed E-state index contributed by atoms with van der Waals surface area (Å²) < 4.78 is 0. The highest BCUT2D eigenvalue weighted by atomic mass is 14.8. The van der Waals surface area contributed by atoms with Crippen LogP contribution in [0.3, 0.4) is 0 Å². The van der Waals surface area contributed by atoms with Crippen molar-refractivity contribution in [3.8, 4) is 0 Å². The third kappa shape index (κ3) is 8.56. The number of rotatable bonds is 6. The molecule has 0 saturated carbocycles. The van der Waals surface area contributed by atoms with Crippen molar-refractivity contribution >= 4 is 22.8 Å². The summed E-state index contributed by atoms with van der Waals surface area (Å²) >= 11 is 0. The van der Waals surface area contributed by atoms with Crippen LogP contribution in [0, 0.1) is 0 Å². The quantitative estimate of drug-likeness (QED) is 0.167. The zero-order valence-corrected chi connectivity index (χ0v) is 32.3. The van der Waals surface area contributed by atoms with Crippen LogP contribution in [0.1, 0.15) is 128 Å². The second-order valence-electron chi connectivity index (χ2n) is 17.5. The first-order valence-corrected chi connectivity index (χ1v) is 17.9. The van der Waals surface area contributed by atoms with Crippen molar-refractivity contribution in [2.45, 2.75) is 105 Å². The highest BCUT2D eigenvalue weighted by molar-refractivity contribution is 6.16. The molecule has 3 heteroatoms. The molecule has 0 fully saturated rings. The van der Waals surface area contributed by atoms with Gasteiger partial charge in [-0.3, -0.25) is 0 Å². The van der Waals surface area contributed by atoms with Crippen LogP contribution in [0.5, 0.6) is 0 Å². The second kappa shape index (κ2) is 13.9. The monoisotopic (exact) mass is 661 g/mol. The van der Waals surface area contributed by atoms with Crippen molar-refractivity contribution in [3.63, 3.8) is 0 Å². The van der Waals surface area contributed by atoms with E-state index < -0.39 is 0 Å². The number of benzene rings is 4. The number of hydrogen-bond donors (Lipinski definition) is 0. The van der Waals surface area contributed by atoms with E-state index in [1.54, 1.807) is 0 Å². The molecular formula is C47H55N3. The molecule has 50 heavy (non-hydrogen) atoms. The van der Waals surface area contributed by atoms with Gasteiger partial charge in [0.25, 0.3) is 0 Å². The van der Waals surface area contributed by atoms with Crippen LogP contribution >= 0.6 is 0 Å². The molecule has 0 amide bonds. The average Bonchev–Trinajstić information content (AvgIpc) is 3.05. The van der Waals surface area contributed by atoms with E-state index in [-0.39, 0.29) is 21.7 Å². The predicted octanol–water partition coefficient (Wildman–Crippen LogP) is 12.6. The molecule has 0 unspecified atom stereocenters. The van der Waals surface area contributed by atoms with E-state index in [4.69, 9.17) is 15.0 Å². The minimum Gasteiger partial charge on any atom is -0.246 e. The smallest absolute Gasteiger partial charge is 0.0966 e. The lowest BCUT2D eigenvalue weighted by Gasteiger charge is -2.26. The summed E-state index contributed by atoms with van der Waals surface area (Å²) in [5.41, 5.74) is 12.1. The molecule has 0 bridgehead atoms.